The lowest BCUT2D eigenvalue weighted by Gasteiger charge is -2.24. The van der Waals surface area contributed by atoms with Crippen molar-refractivity contribution in [2.24, 2.45) is 0 Å². The summed E-state index contributed by atoms with van der Waals surface area (Å²) >= 11 is 0. The Balaban J connectivity index is 1.78. The largest absolute Gasteiger partial charge is 0.481 e. The number of hydrogen-bond donors (Lipinski definition) is 1. The second-order valence-corrected chi connectivity index (χ2v) is 7.54. The topological polar surface area (TPSA) is 80.8 Å². The van der Waals surface area contributed by atoms with Gasteiger partial charge in [0.25, 0.3) is 0 Å². The highest BCUT2D eigenvalue weighted by Gasteiger charge is 2.32. The van der Waals surface area contributed by atoms with Gasteiger partial charge in [-0.05, 0) is 39.7 Å². The third-order valence-corrected chi connectivity index (χ3v) is 4.43. The average Bonchev–Trinajstić information content (AvgIpc) is 3.02. The number of rotatable bonds is 2. The molecule has 25 heavy (non-hydrogen) atoms. The van der Waals surface area contributed by atoms with Gasteiger partial charge in [0.1, 0.15) is 5.60 Å². The van der Waals surface area contributed by atoms with Crippen molar-refractivity contribution >= 4 is 17.7 Å². The number of nitrogens with zero attached hydrogens (tertiary/aromatic N) is 2. The van der Waals surface area contributed by atoms with E-state index in [0.717, 1.165) is 23.4 Å². The molecule has 0 bridgehead atoms. The Kier molecular flexibility index (Phi) is 4.58. The van der Waals surface area contributed by atoms with E-state index >= 15 is 0 Å². The number of anilines is 1. The number of carbonyl (C=O) groups excluding carboxylic acids is 2. The third-order valence-electron chi connectivity index (χ3n) is 4.43. The van der Waals surface area contributed by atoms with Crippen molar-refractivity contribution in [1.82, 2.24) is 9.88 Å². The van der Waals surface area contributed by atoms with Gasteiger partial charge in [-0.1, -0.05) is 0 Å². The maximum Gasteiger partial charge on any atom is 0.410 e. The molecule has 1 saturated heterocycles. The molecule has 3 heterocycles. The Morgan fingerprint density at radius 3 is 2.80 bits per heavy atom. The number of likely N-dealkylation sites (tertiary alicyclic amines) is 1. The molecule has 1 aromatic rings. The van der Waals surface area contributed by atoms with Gasteiger partial charge in [0.2, 0.25) is 11.8 Å². The lowest BCUT2D eigenvalue weighted by Crippen LogP contribution is -2.35. The first kappa shape index (κ1) is 17.5. The maximum absolute atomic E-state index is 12.2. The van der Waals surface area contributed by atoms with E-state index in [9.17, 15) is 9.59 Å². The van der Waals surface area contributed by atoms with Gasteiger partial charge in [-0.3, -0.25) is 4.79 Å². The molecular formula is C18H25N3O4. The van der Waals surface area contributed by atoms with Crippen LogP contribution < -0.4 is 10.1 Å². The monoisotopic (exact) mass is 347 g/mol. The molecule has 7 nitrogen and oxygen atoms in total. The molecule has 1 unspecified atom stereocenters. The normalized spacial score (nSPS) is 20.1. The highest BCUT2D eigenvalue weighted by molar-refractivity contribution is 5.94. The number of carbonyl (C=O) groups is 2. The van der Waals surface area contributed by atoms with E-state index in [-0.39, 0.29) is 17.9 Å². The smallest absolute Gasteiger partial charge is 0.410 e. The Morgan fingerprint density at radius 2 is 2.12 bits per heavy atom. The molecule has 3 rings (SSSR count). The number of ether oxygens (including phenoxy) is 2. The Morgan fingerprint density at radius 1 is 1.36 bits per heavy atom. The fourth-order valence-corrected chi connectivity index (χ4v) is 3.24. The molecular weight excluding hydrogens is 322 g/mol. The average molecular weight is 347 g/mol. The number of pyridine rings is 1. The van der Waals surface area contributed by atoms with Crippen LogP contribution in [0, 0.1) is 0 Å². The van der Waals surface area contributed by atoms with Crippen LogP contribution in [0.1, 0.15) is 50.8 Å². The van der Waals surface area contributed by atoms with Crippen molar-refractivity contribution in [2.45, 2.75) is 51.6 Å². The summed E-state index contributed by atoms with van der Waals surface area (Å²) in [5.74, 6) is 0.669. The molecule has 1 atom stereocenters. The minimum absolute atomic E-state index is 0.00788. The summed E-state index contributed by atoms with van der Waals surface area (Å²) in [6.45, 7) is 6.76. The van der Waals surface area contributed by atoms with Crippen LogP contribution in [-0.2, 0) is 16.0 Å². The Labute approximate surface area is 147 Å². The molecule has 0 aromatic carbocycles. The van der Waals surface area contributed by atoms with E-state index in [1.165, 1.54) is 0 Å². The summed E-state index contributed by atoms with van der Waals surface area (Å²) in [6.07, 6.45) is 1.59. The molecule has 2 aliphatic heterocycles. The summed E-state index contributed by atoms with van der Waals surface area (Å²) < 4.78 is 10.9. The van der Waals surface area contributed by atoms with E-state index in [1.54, 1.807) is 12.0 Å². The van der Waals surface area contributed by atoms with Gasteiger partial charge in [0.05, 0.1) is 18.5 Å². The molecule has 136 valence electrons. The molecule has 0 radical (unpaired) electrons. The maximum atomic E-state index is 12.2. The van der Waals surface area contributed by atoms with E-state index in [1.807, 2.05) is 26.8 Å². The fraction of sp³-hybridized carbons (Fsp3) is 0.611. The van der Waals surface area contributed by atoms with Crippen LogP contribution in [0.4, 0.5) is 10.5 Å². The predicted molar refractivity (Wildman–Crippen MR) is 92.9 cm³/mol. The van der Waals surface area contributed by atoms with Crippen LogP contribution in [0.25, 0.3) is 0 Å². The van der Waals surface area contributed by atoms with Gasteiger partial charge in [-0.25, -0.2) is 9.78 Å². The SMILES string of the molecule is COc1nc(C2CCN(C(=O)OC(C)(C)C)C2)cc2c1CCC(=O)N2. The zero-order chi connectivity index (χ0) is 18.2. The van der Waals surface area contributed by atoms with Crippen molar-refractivity contribution in [3.63, 3.8) is 0 Å². The number of hydrogen-bond acceptors (Lipinski definition) is 5. The molecule has 2 aliphatic rings. The summed E-state index contributed by atoms with van der Waals surface area (Å²) in [4.78, 5) is 30.3. The Hall–Kier alpha value is -2.31. The minimum Gasteiger partial charge on any atom is -0.481 e. The number of fused-ring (bicyclic) bond motifs is 1. The van der Waals surface area contributed by atoms with Gasteiger partial charge in [-0.15, -0.1) is 0 Å². The van der Waals surface area contributed by atoms with Crippen molar-refractivity contribution < 1.29 is 19.1 Å². The van der Waals surface area contributed by atoms with Gasteiger partial charge in [-0.2, -0.15) is 0 Å². The van der Waals surface area contributed by atoms with Crippen LogP contribution in [0.15, 0.2) is 6.07 Å². The van der Waals surface area contributed by atoms with E-state index in [0.29, 0.717) is 31.8 Å². The van der Waals surface area contributed by atoms with Gasteiger partial charge >= 0.3 is 6.09 Å². The van der Waals surface area contributed by atoms with Gasteiger partial charge in [0.15, 0.2) is 0 Å². The zero-order valence-electron chi connectivity index (χ0n) is 15.2. The van der Waals surface area contributed by atoms with Gasteiger partial charge < -0.3 is 19.7 Å². The molecule has 2 amide bonds. The first-order chi connectivity index (χ1) is 11.8. The van der Waals surface area contributed by atoms with Crippen LogP contribution in [0.2, 0.25) is 0 Å². The molecule has 0 saturated carbocycles. The quantitative estimate of drug-likeness (QED) is 0.890. The van der Waals surface area contributed by atoms with Crippen molar-refractivity contribution in [3.8, 4) is 5.88 Å². The summed E-state index contributed by atoms with van der Waals surface area (Å²) in [6, 6.07) is 1.91. The first-order valence-electron chi connectivity index (χ1n) is 8.62. The third kappa shape index (κ3) is 3.86. The summed E-state index contributed by atoms with van der Waals surface area (Å²) in [5.41, 5.74) is 2.04. The first-order valence-corrected chi connectivity index (χ1v) is 8.62. The lowest BCUT2D eigenvalue weighted by molar-refractivity contribution is -0.116. The Bertz CT molecular complexity index is 696. The van der Waals surface area contributed by atoms with E-state index < -0.39 is 5.60 Å². The minimum atomic E-state index is -0.507. The van der Waals surface area contributed by atoms with Crippen LogP contribution in [0.5, 0.6) is 5.88 Å². The summed E-state index contributed by atoms with van der Waals surface area (Å²) in [5, 5.41) is 2.90. The highest BCUT2D eigenvalue weighted by atomic mass is 16.6. The number of amides is 2. The molecule has 1 fully saturated rings. The van der Waals surface area contributed by atoms with E-state index in [2.05, 4.69) is 10.3 Å². The second kappa shape index (κ2) is 6.54. The van der Waals surface area contributed by atoms with Crippen molar-refractivity contribution in [1.29, 1.82) is 0 Å². The summed E-state index contributed by atoms with van der Waals surface area (Å²) in [7, 11) is 1.59. The zero-order valence-corrected chi connectivity index (χ0v) is 15.2. The lowest BCUT2D eigenvalue weighted by atomic mass is 9.99. The molecule has 0 aliphatic carbocycles. The number of nitrogens with one attached hydrogen (secondary N) is 1. The molecule has 1 aromatic heterocycles. The highest BCUT2D eigenvalue weighted by Crippen LogP contribution is 2.35. The second-order valence-electron chi connectivity index (χ2n) is 7.54. The molecule has 0 spiro atoms. The standard InChI is InChI=1S/C18H25N3O4/c1-18(2,3)25-17(23)21-8-7-11(10-21)13-9-14-12(16(20-13)24-4)5-6-15(22)19-14/h9,11H,5-8,10H2,1-4H3,(H,19,22). The van der Waals surface area contributed by atoms with Gasteiger partial charge in [0, 0.05) is 31.0 Å². The number of methoxy groups -OCH3 is 1. The number of aromatic nitrogens is 1. The fourth-order valence-electron chi connectivity index (χ4n) is 3.24. The van der Waals surface area contributed by atoms with Crippen LogP contribution in [0.3, 0.4) is 0 Å². The van der Waals surface area contributed by atoms with Crippen LogP contribution in [-0.4, -0.2) is 47.7 Å². The van der Waals surface area contributed by atoms with E-state index in [4.69, 9.17) is 9.47 Å². The van der Waals surface area contributed by atoms with Crippen molar-refractivity contribution in [3.05, 3.63) is 17.3 Å². The predicted octanol–water partition coefficient (Wildman–Crippen LogP) is 2.70. The van der Waals surface area contributed by atoms with Crippen LogP contribution >= 0.6 is 0 Å². The van der Waals surface area contributed by atoms with Crippen molar-refractivity contribution in [2.75, 3.05) is 25.5 Å². The molecule has 7 heteroatoms. The molecule has 1 N–H and O–H groups in total.